The Morgan fingerprint density at radius 1 is 0.640 bits per heavy atom. The minimum atomic E-state index is -10.7. The molecule has 25 heavy (non-hydrogen) atoms. The summed E-state index contributed by atoms with van der Waals surface area (Å²) in [4.78, 5) is 0. The van der Waals surface area contributed by atoms with Crippen molar-refractivity contribution in [2.24, 2.45) is 0 Å². The monoisotopic (exact) mass is 375 g/mol. The summed E-state index contributed by atoms with van der Waals surface area (Å²) in [6.45, 7) is 0. The summed E-state index contributed by atoms with van der Waals surface area (Å²) in [5.41, 5.74) is 1.26. The Morgan fingerprint density at radius 3 is 1.80 bits per heavy atom. The van der Waals surface area contributed by atoms with Crippen LogP contribution in [0.5, 0.6) is 0 Å². The van der Waals surface area contributed by atoms with Gasteiger partial charge in [-0.15, -0.1) is 0 Å². The molecule has 0 aliphatic carbocycles. The van der Waals surface area contributed by atoms with Gasteiger partial charge in [-0.25, -0.2) is 0 Å². The third-order valence-corrected chi connectivity index (χ3v) is 3.50. The maximum atomic E-state index is 9.87. The number of halogens is 6. The minimum absolute atomic E-state index is 1.26. The molecule has 1 nitrogen and oxygen atoms in total. The van der Waals surface area contributed by atoms with E-state index in [4.69, 9.17) is 0 Å². The van der Waals surface area contributed by atoms with E-state index < -0.39 is 7.81 Å². The fourth-order valence-corrected chi connectivity index (χ4v) is 2.58. The molecule has 0 fully saturated rings. The van der Waals surface area contributed by atoms with E-state index in [2.05, 4.69) is 77.5 Å². The van der Waals surface area contributed by atoms with Crippen molar-refractivity contribution < 1.29 is 29.6 Å². The van der Waals surface area contributed by atoms with Crippen LogP contribution in [0.1, 0.15) is 0 Å². The number of pyridine rings is 2. The third-order valence-electron chi connectivity index (χ3n) is 3.50. The fraction of sp³-hybridized carbons (Fsp3) is 0. The number of fused-ring (bicyclic) bond motifs is 4. The van der Waals surface area contributed by atoms with Gasteiger partial charge in [0.05, 0.1) is 5.39 Å². The van der Waals surface area contributed by atoms with Crippen LogP contribution in [0, 0.1) is 0 Å². The van der Waals surface area contributed by atoms with E-state index in [1.165, 1.54) is 27.1 Å². The summed E-state index contributed by atoms with van der Waals surface area (Å²) in [5, 5.41) is 5.14. The van der Waals surface area contributed by atoms with Gasteiger partial charge in [0.1, 0.15) is 0 Å². The molecule has 0 aliphatic rings. The summed E-state index contributed by atoms with van der Waals surface area (Å²) in [5.74, 6) is 0. The van der Waals surface area contributed by atoms with Crippen molar-refractivity contribution in [2.45, 2.75) is 0 Å². The van der Waals surface area contributed by atoms with Crippen molar-refractivity contribution in [1.82, 2.24) is 0 Å². The molecule has 0 aliphatic heterocycles. The van der Waals surface area contributed by atoms with Crippen LogP contribution in [0.2, 0.25) is 0 Å². The van der Waals surface area contributed by atoms with Gasteiger partial charge in [0.25, 0.3) is 0 Å². The van der Waals surface area contributed by atoms with Gasteiger partial charge in [-0.2, -0.15) is 4.40 Å². The van der Waals surface area contributed by atoms with Crippen molar-refractivity contribution >= 4 is 34.9 Å². The third kappa shape index (κ3) is 5.03. The zero-order valence-corrected chi connectivity index (χ0v) is 13.5. The number of hydrogen-bond donors (Lipinski definition) is 0. The number of nitrogens with zero attached hydrogens (tertiary/aromatic N) is 1. The molecular weight excluding hydrogens is 363 g/mol. The molecule has 0 N–H and O–H groups in total. The SMILES string of the molecule is F[P-](F)(F)(F)(F)F.c1ccc2c[n+]3ccc4ccccc4c3cc2c1. The molecule has 2 aromatic heterocycles. The van der Waals surface area contributed by atoms with Crippen molar-refractivity contribution in [3.05, 3.63) is 73.1 Å². The van der Waals surface area contributed by atoms with Gasteiger partial charge in [0, 0.05) is 17.5 Å². The van der Waals surface area contributed by atoms with E-state index in [0.717, 1.165) is 0 Å². The number of aromatic nitrogens is 1. The predicted molar refractivity (Wildman–Crippen MR) is 88.2 cm³/mol. The van der Waals surface area contributed by atoms with Gasteiger partial charge in [0.15, 0.2) is 12.4 Å². The molecular formula is C17H12F6NP. The molecule has 0 unspecified atom stereocenters. The molecule has 0 radical (unpaired) electrons. The van der Waals surface area contributed by atoms with Gasteiger partial charge in [-0.1, -0.05) is 36.4 Å². The van der Waals surface area contributed by atoms with Gasteiger partial charge >= 0.3 is 33.0 Å². The topological polar surface area (TPSA) is 4.10 Å². The van der Waals surface area contributed by atoms with Gasteiger partial charge in [-0.05, 0) is 22.9 Å². The Balaban J connectivity index is 0.000000225. The normalized spacial score (nSPS) is 14.6. The smallest absolute Gasteiger partial charge is 0.166 e. The maximum Gasteiger partial charge on any atom is 0.219 e. The molecule has 0 amide bonds. The number of hydrogen-bond acceptors (Lipinski definition) is 0. The number of rotatable bonds is 0. The first-order valence-electron chi connectivity index (χ1n) is 7.15. The van der Waals surface area contributed by atoms with E-state index in [-0.39, 0.29) is 0 Å². The van der Waals surface area contributed by atoms with Crippen molar-refractivity contribution in [1.29, 1.82) is 0 Å². The molecule has 132 valence electrons. The maximum absolute atomic E-state index is 10.7. The van der Waals surface area contributed by atoms with Crippen LogP contribution < -0.4 is 4.40 Å². The minimum Gasteiger partial charge on any atom is -0.166 e. The van der Waals surface area contributed by atoms with Gasteiger partial charge in [0.2, 0.25) is 5.52 Å². The molecule has 0 atom stereocenters. The Hall–Kier alpha value is -2.40. The van der Waals surface area contributed by atoms with Crippen LogP contribution in [0.4, 0.5) is 25.2 Å². The molecule has 0 saturated heterocycles. The first-order valence-corrected chi connectivity index (χ1v) is 9.18. The average Bonchev–Trinajstić information content (AvgIpc) is 2.50. The Bertz CT molecular complexity index is 1070. The van der Waals surface area contributed by atoms with Crippen LogP contribution in [0.25, 0.3) is 27.1 Å². The Labute approximate surface area is 138 Å². The molecule has 0 spiro atoms. The molecule has 2 heterocycles. The summed E-state index contributed by atoms with van der Waals surface area (Å²) in [6, 6.07) is 21.4. The Morgan fingerprint density at radius 2 is 1.16 bits per heavy atom. The van der Waals surface area contributed by atoms with Gasteiger partial charge in [-0.3, -0.25) is 0 Å². The van der Waals surface area contributed by atoms with E-state index in [9.17, 15) is 25.2 Å². The zero-order valence-electron chi connectivity index (χ0n) is 12.6. The number of benzene rings is 2. The quantitative estimate of drug-likeness (QED) is 0.101. The van der Waals surface area contributed by atoms with E-state index in [0.29, 0.717) is 0 Å². The Kier molecular flexibility index (Phi) is 3.52. The second-order valence-electron chi connectivity index (χ2n) is 5.56. The van der Waals surface area contributed by atoms with Crippen LogP contribution in [0.3, 0.4) is 0 Å². The van der Waals surface area contributed by atoms with Crippen molar-refractivity contribution in [2.75, 3.05) is 0 Å². The summed E-state index contributed by atoms with van der Waals surface area (Å²) >= 11 is 0. The second-order valence-corrected chi connectivity index (χ2v) is 7.47. The van der Waals surface area contributed by atoms with Gasteiger partial charge < -0.3 is 0 Å². The molecule has 8 heteroatoms. The standard InChI is InChI=1S/C17H12N.F6P/c1-2-7-15-12-18-10-9-13-5-3-4-8-16(13)17(18)11-14(15)6-1;1-7(2,3,4,5)6/h1-12H;/q+1;-1. The van der Waals surface area contributed by atoms with Crippen LogP contribution in [0.15, 0.2) is 73.1 Å². The molecule has 0 bridgehead atoms. The van der Waals surface area contributed by atoms with Crippen molar-refractivity contribution in [3.63, 3.8) is 0 Å². The molecule has 4 aromatic rings. The molecule has 4 rings (SSSR count). The van der Waals surface area contributed by atoms with Crippen LogP contribution in [-0.4, -0.2) is 0 Å². The largest absolute Gasteiger partial charge is 0.219 e. The van der Waals surface area contributed by atoms with Crippen molar-refractivity contribution in [3.8, 4) is 0 Å². The summed E-state index contributed by atoms with van der Waals surface area (Å²) < 4.78 is 61.4. The fourth-order valence-electron chi connectivity index (χ4n) is 2.58. The summed E-state index contributed by atoms with van der Waals surface area (Å²) in [7, 11) is -10.7. The van der Waals surface area contributed by atoms with E-state index in [1.807, 2.05) is 0 Å². The first-order chi connectivity index (χ1) is 11.4. The molecule has 0 saturated carbocycles. The molecule has 2 aromatic carbocycles. The summed E-state index contributed by atoms with van der Waals surface area (Å²) in [6.07, 6.45) is 4.32. The average molecular weight is 375 g/mol. The first kappa shape index (κ1) is 17.4. The zero-order chi connectivity index (χ0) is 18.4. The predicted octanol–water partition coefficient (Wildman–Crippen LogP) is 7.11. The van der Waals surface area contributed by atoms with Crippen LogP contribution in [-0.2, 0) is 0 Å². The second kappa shape index (κ2) is 5.05. The van der Waals surface area contributed by atoms with E-state index >= 15 is 0 Å². The van der Waals surface area contributed by atoms with Crippen LogP contribution >= 0.6 is 7.81 Å². The van der Waals surface area contributed by atoms with E-state index in [1.54, 1.807) is 0 Å².